The zero-order valence-electron chi connectivity index (χ0n) is 20.3. The average Bonchev–Trinajstić information content (AvgIpc) is 3.22. The lowest BCUT2D eigenvalue weighted by molar-refractivity contribution is -0.150. The average molecular weight is 480 g/mol. The van der Waals surface area contributed by atoms with Gasteiger partial charge in [-0.15, -0.1) is 0 Å². The highest BCUT2D eigenvalue weighted by molar-refractivity contribution is 5.76. The molecule has 190 valence electrons. The van der Waals surface area contributed by atoms with Crippen LogP contribution in [0.1, 0.15) is 52.8 Å². The number of rotatable bonds is 13. The van der Waals surface area contributed by atoms with Crippen LogP contribution >= 0.6 is 0 Å². The van der Waals surface area contributed by atoms with E-state index in [-0.39, 0.29) is 48.1 Å². The largest absolute Gasteiger partial charge is 0.465 e. The minimum absolute atomic E-state index is 0.000119. The summed E-state index contributed by atoms with van der Waals surface area (Å²) < 4.78 is 10.8. The number of anilines is 1. The first kappa shape index (κ1) is 27.3. The Kier molecular flexibility index (Phi) is 9.99. The summed E-state index contributed by atoms with van der Waals surface area (Å²) in [6, 6.07) is -1.43. The quantitative estimate of drug-likeness (QED) is 0.253. The summed E-state index contributed by atoms with van der Waals surface area (Å²) in [5, 5.41) is 0. The number of H-pyrrole nitrogens is 2. The molecule has 2 heterocycles. The highest BCUT2D eigenvalue weighted by atomic mass is 16.5. The number of nitrogen functional groups attached to an aromatic ring is 1. The number of aromatic amines is 2. The number of carbonyl (C=O) groups excluding carboxylic acids is 2. The van der Waals surface area contributed by atoms with Gasteiger partial charge >= 0.3 is 11.9 Å². The Balaban J connectivity index is 2.08. The first-order valence-corrected chi connectivity index (χ1v) is 11.7. The van der Waals surface area contributed by atoms with Gasteiger partial charge in [-0.25, -0.2) is 4.98 Å². The van der Waals surface area contributed by atoms with Crippen molar-refractivity contribution in [3.05, 3.63) is 16.2 Å². The second-order valence-corrected chi connectivity index (χ2v) is 8.81. The van der Waals surface area contributed by atoms with Gasteiger partial charge in [-0.1, -0.05) is 40.5 Å². The molecule has 34 heavy (non-hydrogen) atoms. The molecule has 0 radical (unpaired) electrons. The van der Waals surface area contributed by atoms with Gasteiger partial charge in [0.2, 0.25) is 5.95 Å². The van der Waals surface area contributed by atoms with E-state index in [1.807, 2.05) is 27.7 Å². The van der Waals surface area contributed by atoms with Crippen molar-refractivity contribution in [3.8, 4) is 0 Å². The predicted octanol–water partition coefficient (Wildman–Crippen LogP) is 0.610. The Bertz CT molecular complexity index is 1020. The van der Waals surface area contributed by atoms with E-state index >= 15 is 0 Å². The first-order chi connectivity index (χ1) is 16.1. The van der Waals surface area contributed by atoms with E-state index in [1.54, 1.807) is 0 Å². The molecular weight excluding hydrogens is 442 g/mol. The van der Waals surface area contributed by atoms with Gasteiger partial charge in [0.15, 0.2) is 11.2 Å². The third-order valence-corrected chi connectivity index (χ3v) is 6.20. The number of fused-ring (bicyclic) bond motifs is 1. The SMILES string of the molecule is CC[C@H](C)[C@H](N)C(=O)OCCC(COC(=O)[C@@H](N)[C@@H](C)CC)Cc1nc2nc(N)[nH]c(=O)c2[nH]1. The molecule has 0 saturated heterocycles. The fourth-order valence-corrected chi connectivity index (χ4v) is 3.28. The maximum Gasteiger partial charge on any atom is 0.323 e. The number of esters is 2. The highest BCUT2D eigenvalue weighted by Crippen LogP contribution is 2.16. The molecule has 5 atom stereocenters. The van der Waals surface area contributed by atoms with Crippen LogP contribution in [0.15, 0.2) is 4.79 Å². The van der Waals surface area contributed by atoms with Crippen LogP contribution in [0.3, 0.4) is 0 Å². The minimum Gasteiger partial charge on any atom is -0.465 e. The molecule has 2 aromatic heterocycles. The standard InChI is InChI=1S/C22H37N7O5/c1-5-11(3)15(23)20(31)33-8-7-13(10-34-21(32)16(24)12(4)6-2)9-14-26-17-18(27-14)28-22(25)29-19(17)30/h11-13,15-16H,5-10,23-24H2,1-4H3,(H4,25,26,27,28,29,30)/t11-,12-,13?,15-,16-/m0/s1. The van der Waals surface area contributed by atoms with Crippen LogP contribution in [-0.2, 0) is 25.5 Å². The second kappa shape index (κ2) is 12.5. The molecule has 2 aromatic rings. The van der Waals surface area contributed by atoms with Gasteiger partial charge in [0.05, 0.1) is 13.2 Å². The van der Waals surface area contributed by atoms with E-state index in [0.29, 0.717) is 18.7 Å². The fourth-order valence-electron chi connectivity index (χ4n) is 3.28. The van der Waals surface area contributed by atoms with Crippen LogP contribution in [0, 0.1) is 17.8 Å². The van der Waals surface area contributed by atoms with E-state index in [9.17, 15) is 14.4 Å². The summed E-state index contributed by atoms with van der Waals surface area (Å²) in [4.78, 5) is 50.3. The van der Waals surface area contributed by atoms with Crippen LogP contribution in [0.5, 0.6) is 0 Å². The Morgan fingerprint density at radius 1 is 0.971 bits per heavy atom. The van der Waals surface area contributed by atoms with Crippen LogP contribution < -0.4 is 22.8 Å². The monoisotopic (exact) mass is 479 g/mol. The molecule has 0 aliphatic carbocycles. The van der Waals surface area contributed by atoms with Gasteiger partial charge in [0.25, 0.3) is 5.56 Å². The van der Waals surface area contributed by atoms with Crippen LogP contribution in [-0.4, -0.2) is 57.2 Å². The molecule has 0 saturated carbocycles. The smallest absolute Gasteiger partial charge is 0.323 e. The van der Waals surface area contributed by atoms with E-state index in [0.717, 1.165) is 12.8 Å². The predicted molar refractivity (Wildman–Crippen MR) is 128 cm³/mol. The Morgan fingerprint density at radius 3 is 2.15 bits per heavy atom. The number of imidazole rings is 1. The molecule has 1 unspecified atom stereocenters. The summed E-state index contributed by atoms with van der Waals surface area (Å²) >= 11 is 0. The van der Waals surface area contributed by atoms with Crippen molar-refractivity contribution >= 4 is 29.1 Å². The summed E-state index contributed by atoms with van der Waals surface area (Å²) in [5.41, 5.74) is 17.4. The summed E-state index contributed by atoms with van der Waals surface area (Å²) in [5.74, 6) is -0.826. The lowest BCUT2D eigenvalue weighted by Gasteiger charge is -2.21. The third-order valence-electron chi connectivity index (χ3n) is 6.20. The van der Waals surface area contributed by atoms with E-state index in [2.05, 4.69) is 19.9 Å². The maximum absolute atomic E-state index is 12.4. The lowest BCUT2D eigenvalue weighted by Crippen LogP contribution is -2.39. The Hall–Kier alpha value is -2.99. The molecule has 0 spiro atoms. The van der Waals surface area contributed by atoms with Gasteiger partial charge in [-0.3, -0.25) is 19.4 Å². The normalized spacial score (nSPS) is 15.9. The molecule has 0 aliphatic heterocycles. The molecule has 0 aromatic carbocycles. The Morgan fingerprint density at radius 2 is 1.56 bits per heavy atom. The number of ether oxygens (including phenoxy) is 2. The summed E-state index contributed by atoms with van der Waals surface area (Å²) in [6.07, 6.45) is 2.20. The van der Waals surface area contributed by atoms with Crippen molar-refractivity contribution in [2.45, 2.75) is 65.5 Å². The van der Waals surface area contributed by atoms with Gasteiger partial charge in [-0.05, 0) is 18.3 Å². The molecule has 0 amide bonds. The molecular formula is C22H37N7O5. The zero-order valence-corrected chi connectivity index (χ0v) is 20.3. The van der Waals surface area contributed by atoms with Crippen LogP contribution in [0.4, 0.5) is 5.95 Å². The number of nitrogens with one attached hydrogen (secondary N) is 2. The van der Waals surface area contributed by atoms with E-state index in [4.69, 9.17) is 26.7 Å². The van der Waals surface area contributed by atoms with Crippen LogP contribution in [0.25, 0.3) is 11.2 Å². The van der Waals surface area contributed by atoms with Crippen molar-refractivity contribution in [3.63, 3.8) is 0 Å². The molecule has 12 heteroatoms. The number of hydrogen-bond donors (Lipinski definition) is 5. The third kappa shape index (κ3) is 7.26. The first-order valence-electron chi connectivity index (χ1n) is 11.7. The molecule has 0 fully saturated rings. The van der Waals surface area contributed by atoms with Crippen LogP contribution in [0.2, 0.25) is 0 Å². The number of hydrogen-bond acceptors (Lipinski definition) is 10. The van der Waals surface area contributed by atoms with E-state index in [1.165, 1.54) is 0 Å². The van der Waals surface area contributed by atoms with Gasteiger partial charge < -0.3 is 31.7 Å². The topological polar surface area (TPSA) is 205 Å². The molecule has 0 aliphatic rings. The second-order valence-electron chi connectivity index (χ2n) is 8.81. The minimum atomic E-state index is -0.728. The highest BCUT2D eigenvalue weighted by Gasteiger charge is 2.25. The van der Waals surface area contributed by atoms with Gasteiger partial charge in [0, 0.05) is 12.3 Å². The fraction of sp³-hybridized carbons (Fsp3) is 0.682. The van der Waals surface area contributed by atoms with Crippen molar-refractivity contribution in [2.24, 2.45) is 29.2 Å². The maximum atomic E-state index is 12.4. The van der Waals surface area contributed by atoms with Gasteiger partial charge in [0.1, 0.15) is 17.9 Å². The molecule has 12 nitrogen and oxygen atoms in total. The van der Waals surface area contributed by atoms with Gasteiger partial charge in [-0.2, -0.15) is 4.98 Å². The Labute approximate surface area is 198 Å². The number of aromatic nitrogens is 4. The molecule has 2 rings (SSSR count). The van der Waals surface area contributed by atoms with E-state index < -0.39 is 29.6 Å². The number of carbonyl (C=O) groups is 2. The van der Waals surface area contributed by atoms with Crippen molar-refractivity contribution in [1.82, 2.24) is 19.9 Å². The molecule has 8 N–H and O–H groups in total. The van der Waals surface area contributed by atoms with Crippen molar-refractivity contribution in [2.75, 3.05) is 18.9 Å². The zero-order chi connectivity index (χ0) is 25.4. The van der Waals surface area contributed by atoms with Crippen molar-refractivity contribution < 1.29 is 19.1 Å². The van der Waals surface area contributed by atoms with Crippen molar-refractivity contribution in [1.29, 1.82) is 0 Å². The lowest BCUT2D eigenvalue weighted by atomic mass is 9.99. The summed E-state index contributed by atoms with van der Waals surface area (Å²) in [7, 11) is 0. The molecule has 0 bridgehead atoms. The summed E-state index contributed by atoms with van der Waals surface area (Å²) in [6.45, 7) is 7.80. The number of nitrogens with zero attached hydrogens (tertiary/aromatic N) is 2. The number of nitrogens with two attached hydrogens (primary N) is 3.